The maximum atomic E-state index is 13.1. The molecule has 0 spiro atoms. The standard InChI is InChI=1S/C21H18FN3O3/c22-15-4-3-5-17(12-15)25-21(27)24-16-10-8-14(9-11-16)13-28-19-7-2-1-6-18(19)20(23)26/h1-12H,13H2,(H2,23,26)(H2,24,25,27). The van der Waals surface area contributed by atoms with Crippen LogP contribution in [0.25, 0.3) is 0 Å². The third kappa shape index (κ3) is 5.07. The lowest BCUT2D eigenvalue weighted by molar-refractivity contribution is 0.0996. The molecule has 3 aromatic carbocycles. The number of carbonyl (C=O) groups excluding carboxylic acids is 2. The molecule has 0 bridgehead atoms. The van der Waals surface area contributed by atoms with Crippen LogP contribution in [0, 0.1) is 5.82 Å². The highest BCUT2D eigenvalue weighted by Gasteiger charge is 2.08. The summed E-state index contributed by atoms with van der Waals surface area (Å²) >= 11 is 0. The van der Waals surface area contributed by atoms with Gasteiger partial charge in [-0.1, -0.05) is 30.3 Å². The number of benzene rings is 3. The molecule has 6 nitrogen and oxygen atoms in total. The van der Waals surface area contributed by atoms with Crippen molar-refractivity contribution in [2.24, 2.45) is 5.73 Å². The van der Waals surface area contributed by atoms with Crippen molar-refractivity contribution in [1.29, 1.82) is 0 Å². The Morgan fingerprint density at radius 2 is 1.61 bits per heavy atom. The smallest absolute Gasteiger partial charge is 0.323 e. The van der Waals surface area contributed by atoms with Crippen LogP contribution in [-0.2, 0) is 6.61 Å². The number of halogens is 1. The number of anilines is 2. The zero-order chi connectivity index (χ0) is 19.9. The van der Waals surface area contributed by atoms with Crippen molar-refractivity contribution in [3.63, 3.8) is 0 Å². The Morgan fingerprint density at radius 1 is 0.893 bits per heavy atom. The molecule has 3 aromatic rings. The van der Waals surface area contributed by atoms with E-state index >= 15 is 0 Å². The van der Waals surface area contributed by atoms with Crippen LogP contribution >= 0.6 is 0 Å². The first-order valence-corrected chi connectivity index (χ1v) is 8.45. The van der Waals surface area contributed by atoms with Gasteiger partial charge in [0.2, 0.25) is 0 Å². The maximum Gasteiger partial charge on any atom is 0.323 e. The highest BCUT2D eigenvalue weighted by molar-refractivity contribution is 5.99. The number of amides is 3. The van der Waals surface area contributed by atoms with Gasteiger partial charge in [-0.25, -0.2) is 9.18 Å². The Labute approximate surface area is 161 Å². The molecule has 0 aliphatic rings. The Balaban J connectivity index is 1.56. The number of primary amides is 1. The summed E-state index contributed by atoms with van der Waals surface area (Å²) < 4.78 is 18.8. The predicted octanol–water partition coefficient (Wildman–Crippen LogP) is 4.15. The van der Waals surface area contributed by atoms with E-state index in [0.717, 1.165) is 5.56 Å². The number of carbonyl (C=O) groups is 2. The van der Waals surface area contributed by atoms with E-state index in [2.05, 4.69) is 10.6 Å². The van der Waals surface area contributed by atoms with Crippen LogP contribution in [0.3, 0.4) is 0 Å². The summed E-state index contributed by atoms with van der Waals surface area (Å²) in [7, 11) is 0. The average molecular weight is 379 g/mol. The molecule has 4 N–H and O–H groups in total. The van der Waals surface area contributed by atoms with Crippen LogP contribution in [0.2, 0.25) is 0 Å². The molecular weight excluding hydrogens is 361 g/mol. The van der Waals surface area contributed by atoms with Gasteiger partial charge in [-0.05, 0) is 48.0 Å². The lowest BCUT2D eigenvalue weighted by Gasteiger charge is -2.11. The van der Waals surface area contributed by atoms with Gasteiger partial charge < -0.3 is 21.1 Å². The van der Waals surface area contributed by atoms with Gasteiger partial charge in [0, 0.05) is 11.4 Å². The van der Waals surface area contributed by atoms with Crippen LogP contribution in [0.1, 0.15) is 15.9 Å². The van der Waals surface area contributed by atoms with E-state index in [1.165, 1.54) is 18.2 Å². The zero-order valence-electron chi connectivity index (χ0n) is 14.8. The van der Waals surface area contributed by atoms with E-state index in [9.17, 15) is 14.0 Å². The van der Waals surface area contributed by atoms with Crippen molar-refractivity contribution in [3.05, 3.63) is 89.7 Å². The molecule has 7 heteroatoms. The molecule has 3 rings (SSSR count). The predicted molar refractivity (Wildman–Crippen MR) is 105 cm³/mol. The Morgan fingerprint density at radius 3 is 2.32 bits per heavy atom. The molecule has 0 aliphatic carbocycles. The highest BCUT2D eigenvalue weighted by atomic mass is 19.1. The second-order valence-corrected chi connectivity index (χ2v) is 5.94. The summed E-state index contributed by atoms with van der Waals surface area (Å²) in [5.74, 6) is -0.578. The van der Waals surface area contributed by atoms with Gasteiger partial charge >= 0.3 is 6.03 Å². The van der Waals surface area contributed by atoms with Crippen LogP contribution in [-0.4, -0.2) is 11.9 Å². The molecule has 0 unspecified atom stereocenters. The Kier molecular flexibility index (Phi) is 5.86. The van der Waals surface area contributed by atoms with E-state index in [0.29, 0.717) is 22.7 Å². The van der Waals surface area contributed by atoms with E-state index < -0.39 is 17.8 Å². The molecule has 3 amide bonds. The molecule has 0 aromatic heterocycles. The largest absolute Gasteiger partial charge is 0.488 e. The quantitative estimate of drug-likeness (QED) is 0.601. The lowest BCUT2D eigenvalue weighted by atomic mass is 10.2. The second-order valence-electron chi connectivity index (χ2n) is 5.94. The fraction of sp³-hybridized carbons (Fsp3) is 0.0476. The highest BCUT2D eigenvalue weighted by Crippen LogP contribution is 2.19. The number of hydrogen-bond acceptors (Lipinski definition) is 3. The van der Waals surface area contributed by atoms with Gasteiger partial charge in [0.05, 0.1) is 5.56 Å². The maximum absolute atomic E-state index is 13.1. The Hall–Kier alpha value is -3.87. The number of nitrogens with one attached hydrogen (secondary N) is 2. The van der Waals surface area contributed by atoms with Crippen molar-refractivity contribution in [3.8, 4) is 5.75 Å². The summed E-state index contributed by atoms with van der Waals surface area (Å²) in [5.41, 5.74) is 7.41. The minimum Gasteiger partial charge on any atom is -0.488 e. The molecule has 0 saturated carbocycles. The second kappa shape index (κ2) is 8.68. The first-order chi connectivity index (χ1) is 13.5. The van der Waals surface area contributed by atoms with Crippen LogP contribution in [0.4, 0.5) is 20.6 Å². The molecule has 0 heterocycles. The number of hydrogen-bond donors (Lipinski definition) is 3. The molecule has 28 heavy (non-hydrogen) atoms. The van der Waals surface area contributed by atoms with Gasteiger partial charge in [-0.2, -0.15) is 0 Å². The van der Waals surface area contributed by atoms with Crippen LogP contribution < -0.4 is 21.1 Å². The van der Waals surface area contributed by atoms with E-state index in [4.69, 9.17) is 10.5 Å². The van der Waals surface area contributed by atoms with Gasteiger partial charge in [0.15, 0.2) is 0 Å². The summed E-state index contributed by atoms with van der Waals surface area (Å²) in [4.78, 5) is 23.4. The number of urea groups is 1. The first kappa shape index (κ1) is 18.9. The minimum absolute atomic E-state index is 0.236. The van der Waals surface area contributed by atoms with E-state index in [1.54, 1.807) is 54.6 Å². The van der Waals surface area contributed by atoms with E-state index in [-0.39, 0.29) is 6.61 Å². The summed E-state index contributed by atoms with van der Waals surface area (Å²) in [6, 6.07) is 18.9. The fourth-order valence-electron chi connectivity index (χ4n) is 2.50. The molecule has 0 saturated heterocycles. The molecular formula is C21H18FN3O3. The van der Waals surface area contributed by atoms with Crippen LogP contribution in [0.5, 0.6) is 5.75 Å². The van der Waals surface area contributed by atoms with Gasteiger partial charge in [-0.15, -0.1) is 0 Å². The SMILES string of the molecule is NC(=O)c1ccccc1OCc1ccc(NC(=O)Nc2cccc(F)c2)cc1. The zero-order valence-corrected chi connectivity index (χ0v) is 14.8. The summed E-state index contributed by atoms with van der Waals surface area (Å²) in [5, 5.41) is 5.21. The van der Waals surface area contributed by atoms with Crippen molar-refractivity contribution >= 4 is 23.3 Å². The normalized spacial score (nSPS) is 10.2. The molecule has 142 valence electrons. The number of para-hydroxylation sites is 1. The third-order valence-electron chi connectivity index (χ3n) is 3.84. The first-order valence-electron chi connectivity index (χ1n) is 8.45. The Bertz CT molecular complexity index is 990. The van der Waals surface area contributed by atoms with Gasteiger partial charge in [0.1, 0.15) is 18.2 Å². The van der Waals surface area contributed by atoms with Crippen molar-refractivity contribution in [2.75, 3.05) is 10.6 Å². The topological polar surface area (TPSA) is 93.5 Å². The van der Waals surface area contributed by atoms with Crippen molar-refractivity contribution < 1.29 is 18.7 Å². The lowest BCUT2D eigenvalue weighted by Crippen LogP contribution is -2.19. The van der Waals surface area contributed by atoms with Crippen LogP contribution in [0.15, 0.2) is 72.8 Å². The minimum atomic E-state index is -0.556. The summed E-state index contributed by atoms with van der Waals surface area (Å²) in [6.45, 7) is 0.236. The monoisotopic (exact) mass is 379 g/mol. The molecule has 0 radical (unpaired) electrons. The number of nitrogens with two attached hydrogens (primary N) is 1. The molecule has 0 aliphatic heterocycles. The summed E-state index contributed by atoms with van der Waals surface area (Å²) in [6.07, 6.45) is 0. The number of rotatable bonds is 6. The van der Waals surface area contributed by atoms with E-state index in [1.807, 2.05) is 0 Å². The van der Waals surface area contributed by atoms with Crippen molar-refractivity contribution in [1.82, 2.24) is 0 Å². The van der Waals surface area contributed by atoms with Crippen molar-refractivity contribution in [2.45, 2.75) is 6.61 Å². The average Bonchev–Trinajstić information content (AvgIpc) is 2.67. The molecule has 0 atom stereocenters. The fourth-order valence-corrected chi connectivity index (χ4v) is 2.50. The third-order valence-corrected chi connectivity index (χ3v) is 3.84. The van der Waals surface area contributed by atoms with Gasteiger partial charge in [0.25, 0.3) is 5.91 Å². The number of ether oxygens (including phenoxy) is 1. The van der Waals surface area contributed by atoms with Gasteiger partial charge in [-0.3, -0.25) is 4.79 Å². The molecule has 0 fully saturated rings.